The Balaban J connectivity index is 2.01. The highest BCUT2D eigenvalue weighted by Crippen LogP contribution is 2.28. The molecule has 1 rings (SSSR count). The summed E-state index contributed by atoms with van der Waals surface area (Å²) in [5, 5.41) is 13.4. The highest BCUT2D eigenvalue weighted by molar-refractivity contribution is 4.78. The Labute approximate surface area is 88.1 Å². The molecular formula is C12H25NO. The Morgan fingerprint density at radius 3 is 2.36 bits per heavy atom. The van der Waals surface area contributed by atoms with Crippen LogP contribution in [0.3, 0.4) is 0 Å². The molecule has 1 aliphatic rings. The summed E-state index contributed by atoms with van der Waals surface area (Å²) in [6.45, 7) is 5.94. The third-order valence-corrected chi connectivity index (χ3v) is 3.72. The SMILES string of the molecule is CCC(O)(CC)CNCCC1CCC1. The molecule has 14 heavy (non-hydrogen) atoms. The molecule has 1 saturated carbocycles. The molecule has 0 aliphatic heterocycles. The van der Waals surface area contributed by atoms with Gasteiger partial charge in [0.05, 0.1) is 5.60 Å². The van der Waals surface area contributed by atoms with Crippen molar-refractivity contribution in [1.29, 1.82) is 0 Å². The van der Waals surface area contributed by atoms with Gasteiger partial charge in [-0.05, 0) is 31.7 Å². The second-order valence-corrected chi connectivity index (χ2v) is 4.69. The van der Waals surface area contributed by atoms with Gasteiger partial charge in [0.2, 0.25) is 0 Å². The summed E-state index contributed by atoms with van der Waals surface area (Å²) >= 11 is 0. The molecule has 0 heterocycles. The van der Waals surface area contributed by atoms with E-state index in [1.165, 1.54) is 25.7 Å². The molecular weight excluding hydrogens is 174 g/mol. The van der Waals surface area contributed by atoms with Gasteiger partial charge in [0.25, 0.3) is 0 Å². The van der Waals surface area contributed by atoms with Gasteiger partial charge in [0.1, 0.15) is 0 Å². The van der Waals surface area contributed by atoms with Crippen LogP contribution < -0.4 is 5.32 Å². The first-order valence-corrected chi connectivity index (χ1v) is 6.13. The van der Waals surface area contributed by atoms with Gasteiger partial charge in [0.15, 0.2) is 0 Å². The normalized spacial score (nSPS) is 18.2. The van der Waals surface area contributed by atoms with Crippen LogP contribution in [-0.2, 0) is 0 Å². The molecule has 0 aromatic heterocycles. The summed E-state index contributed by atoms with van der Waals surface area (Å²) in [5.41, 5.74) is -0.473. The molecule has 2 nitrogen and oxygen atoms in total. The number of aliphatic hydroxyl groups is 1. The van der Waals surface area contributed by atoms with Crippen LogP contribution in [0.25, 0.3) is 0 Å². The average molecular weight is 199 g/mol. The van der Waals surface area contributed by atoms with Crippen molar-refractivity contribution in [2.45, 2.75) is 58.0 Å². The Kier molecular flexibility index (Phi) is 4.90. The quantitative estimate of drug-likeness (QED) is 0.617. The Morgan fingerprint density at radius 1 is 1.29 bits per heavy atom. The Bertz CT molecular complexity index is 150. The molecule has 0 radical (unpaired) electrons. The van der Waals surface area contributed by atoms with Crippen molar-refractivity contribution in [1.82, 2.24) is 5.32 Å². The van der Waals surface area contributed by atoms with E-state index in [-0.39, 0.29) is 0 Å². The maximum Gasteiger partial charge on any atom is 0.0766 e. The minimum Gasteiger partial charge on any atom is -0.389 e. The van der Waals surface area contributed by atoms with E-state index in [0.29, 0.717) is 0 Å². The van der Waals surface area contributed by atoms with Gasteiger partial charge >= 0.3 is 0 Å². The Morgan fingerprint density at radius 2 is 1.93 bits per heavy atom. The molecule has 0 bridgehead atoms. The average Bonchev–Trinajstić information content (AvgIpc) is 2.14. The zero-order valence-corrected chi connectivity index (χ0v) is 9.68. The lowest BCUT2D eigenvalue weighted by molar-refractivity contribution is 0.0322. The predicted molar refractivity (Wildman–Crippen MR) is 60.4 cm³/mol. The van der Waals surface area contributed by atoms with Crippen LogP contribution in [0.1, 0.15) is 52.4 Å². The van der Waals surface area contributed by atoms with Crippen molar-refractivity contribution in [3.63, 3.8) is 0 Å². The summed E-state index contributed by atoms with van der Waals surface area (Å²) in [5.74, 6) is 0.971. The van der Waals surface area contributed by atoms with Crippen LogP contribution in [0.15, 0.2) is 0 Å². The first-order chi connectivity index (χ1) is 6.70. The van der Waals surface area contributed by atoms with E-state index >= 15 is 0 Å². The van der Waals surface area contributed by atoms with Gasteiger partial charge in [-0.1, -0.05) is 33.1 Å². The lowest BCUT2D eigenvalue weighted by Gasteiger charge is -2.28. The third kappa shape index (κ3) is 3.58. The van der Waals surface area contributed by atoms with Crippen molar-refractivity contribution in [2.75, 3.05) is 13.1 Å². The molecule has 0 atom stereocenters. The molecule has 84 valence electrons. The molecule has 0 amide bonds. The minimum atomic E-state index is -0.473. The van der Waals surface area contributed by atoms with Crippen molar-refractivity contribution >= 4 is 0 Å². The molecule has 1 aliphatic carbocycles. The summed E-state index contributed by atoms with van der Waals surface area (Å²) in [4.78, 5) is 0. The van der Waals surface area contributed by atoms with Gasteiger partial charge in [-0.2, -0.15) is 0 Å². The van der Waals surface area contributed by atoms with E-state index in [9.17, 15) is 5.11 Å². The fourth-order valence-corrected chi connectivity index (χ4v) is 1.91. The lowest BCUT2D eigenvalue weighted by Crippen LogP contribution is -2.40. The number of nitrogens with one attached hydrogen (secondary N) is 1. The monoisotopic (exact) mass is 199 g/mol. The van der Waals surface area contributed by atoms with Crippen molar-refractivity contribution in [3.05, 3.63) is 0 Å². The van der Waals surface area contributed by atoms with Crippen LogP contribution in [0.5, 0.6) is 0 Å². The standard InChI is InChI=1S/C12H25NO/c1-3-12(14,4-2)10-13-9-8-11-6-5-7-11/h11,13-14H,3-10H2,1-2H3. The van der Waals surface area contributed by atoms with Crippen LogP contribution in [0, 0.1) is 5.92 Å². The fourth-order valence-electron chi connectivity index (χ4n) is 1.91. The summed E-state index contributed by atoms with van der Waals surface area (Å²) < 4.78 is 0. The van der Waals surface area contributed by atoms with Gasteiger partial charge in [-0.3, -0.25) is 0 Å². The van der Waals surface area contributed by atoms with E-state index in [0.717, 1.165) is 31.8 Å². The predicted octanol–water partition coefficient (Wildman–Crippen LogP) is 2.32. The smallest absolute Gasteiger partial charge is 0.0766 e. The zero-order valence-electron chi connectivity index (χ0n) is 9.68. The van der Waals surface area contributed by atoms with Crippen LogP contribution >= 0.6 is 0 Å². The molecule has 1 fully saturated rings. The summed E-state index contributed by atoms with van der Waals surface area (Å²) in [7, 11) is 0. The second kappa shape index (κ2) is 5.72. The number of hydrogen-bond acceptors (Lipinski definition) is 2. The highest BCUT2D eigenvalue weighted by Gasteiger charge is 2.22. The van der Waals surface area contributed by atoms with Crippen molar-refractivity contribution < 1.29 is 5.11 Å². The number of rotatable bonds is 7. The Hall–Kier alpha value is -0.0800. The van der Waals surface area contributed by atoms with Gasteiger partial charge in [-0.15, -0.1) is 0 Å². The molecule has 2 N–H and O–H groups in total. The first-order valence-electron chi connectivity index (χ1n) is 6.13. The zero-order chi connectivity index (χ0) is 10.4. The molecule has 0 unspecified atom stereocenters. The molecule has 0 saturated heterocycles. The van der Waals surface area contributed by atoms with Gasteiger partial charge in [-0.25, -0.2) is 0 Å². The molecule has 2 heteroatoms. The second-order valence-electron chi connectivity index (χ2n) is 4.69. The first kappa shape index (κ1) is 12.0. The summed E-state index contributed by atoms with van der Waals surface area (Å²) in [6.07, 6.45) is 7.27. The van der Waals surface area contributed by atoms with E-state index < -0.39 is 5.60 Å². The van der Waals surface area contributed by atoms with Crippen LogP contribution in [0.4, 0.5) is 0 Å². The highest BCUT2D eigenvalue weighted by atomic mass is 16.3. The van der Waals surface area contributed by atoms with Crippen molar-refractivity contribution in [2.24, 2.45) is 5.92 Å². The molecule has 0 aromatic carbocycles. The fraction of sp³-hybridized carbons (Fsp3) is 1.00. The lowest BCUT2D eigenvalue weighted by atomic mass is 9.83. The maximum atomic E-state index is 10.0. The molecule has 0 aromatic rings. The number of hydrogen-bond donors (Lipinski definition) is 2. The van der Waals surface area contributed by atoms with E-state index in [1.807, 2.05) is 0 Å². The molecule has 0 spiro atoms. The van der Waals surface area contributed by atoms with Gasteiger partial charge < -0.3 is 10.4 Å². The topological polar surface area (TPSA) is 32.3 Å². The van der Waals surface area contributed by atoms with Crippen molar-refractivity contribution in [3.8, 4) is 0 Å². The summed E-state index contributed by atoms with van der Waals surface area (Å²) in [6, 6.07) is 0. The van der Waals surface area contributed by atoms with Gasteiger partial charge in [0, 0.05) is 6.54 Å². The van der Waals surface area contributed by atoms with E-state index in [4.69, 9.17) is 0 Å². The van der Waals surface area contributed by atoms with Crippen LogP contribution in [-0.4, -0.2) is 23.8 Å². The van der Waals surface area contributed by atoms with E-state index in [2.05, 4.69) is 19.2 Å². The maximum absolute atomic E-state index is 10.0. The largest absolute Gasteiger partial charge is 0.389 e. The minimum absolute atomic E-state index is 0.473. The van der Waals surface area contributed by atoms with Crippen LogP contribution in [0.2, 0.25) is 0 Å². The third-order valence-electron chi connectivity index (χ3n) is 3.72. The van der Waals surface area contributed by atoms with E-state index in [1.54, 1.807) is 0 Å².